The van der Waals surface area contributed by atoms with Crippen molar-refractivity contribution in [3.8, 4) is 11.5 Å². The van der Waals surface area contributed by atoms with Crippen LogP contribution in [0, 0.1) is 0 Å². The van der Waals surface area contributed by atoms with Crippen LogP contribution in [0.1, 0.15) is 29.0 Å². The maximum Gasteiger partial charge on any atom is 0.262 e. The maximum atomic E-state index is 13.4. The van der Waals surface area contributed by atoms with E-state index < -0.39 is 12.1 Å². The zero-order valence-electron chi connectivity index (χ0n) is 17.1. The highest BCUT2D eigenvalue weighted by atomic mass is 16.5. The minimum Gasteiger partial charge on any atom is -0.494 e. The number of anilines is 2. The number of ether oxygens (including phenoxy) is 2. The normalized spacial score (nSPS) is 15.1. The lowest BCUT2D eigenvalue weighted by Gasteiger charge is -2.38. The largest absolute Gasteiger partial charge is 0.494 e. The summed E-state index contributed by atoms with van der Waals surface area (Å²) >= 11 is 0. The van der Waals surface area contributed by atoms with Crippen molar-refractivity contribution in [1.29, 1.82) is 0 Å². The first-order valence-corrected chi connectivity index (χ1v) is 10.00. The molecule has 0 spiro atoms. The fraction of sp³-hybridized carbons (Fsp3) is 0.167. The molecule has 4 rings (SSSR count). The van der Waals surface area contributed by atoms with Gasteiger partial charge in [-0.15, -0.1) is 0 Å². The molecule has 0 unspecified atom stereocenters. The van der Waals surface area contributed by atoms with E-state index in [0.717, 1.165) is 22.7 Å². The Morgan fingerprint density at radius 2 is 1.61 bits per heavy atom. The summed E-state index contributed by atoms with van der Waals surface area (Å²) in [6.07, 6.45) is -0.425. The Balaban J connectivity index is 1.69. The highest BCUT2D eigenvalue weighted by molar-refractivity contribution is 6.12. The van der Waals surface area contributed by atoms with Gasteiger partial charge in [-0.05, 0) is 61.0 Å². The molecule has 0 aromatic heterocycles. The van der Waals surface area contributed by atoms with Crippen LogP contribution in [0.4, 0.5) is 11.4 Å². The summed E-state index contributed by atoms with van der Waals surface area (Å²) in [6, 6.07) is 22.1. The quantitative estimate of drug-likeness (QED) is 0.611. The van der Waals surface area contributed by atoms with Gasteiger partial charge in [-0.3, -0.25) is 14.5 Å². The number of nitrogens with two attached hydrogens (primary N) is 1. The number of amides is 2. The molecule has 1 atom stereocenters. The molecule has 31 heavy (non-hydrogen) atoms. The predicted molar refractivity (Wildman–Crippen MR) is 118 cm³/mol. The van der Waals surface area contributed by atoms with Crippen molar-refractivity contribution in [3.05, 3.63) is 83.9 Å². The molecule has 0 radical (unpaired) electrons. The van der Waals surface area contributed by atoms with Crippen molar-refractivity contribution in [2.24, 2.45) is 5.73 Å². The molecule has 7 nitrogen and oxygen atoms in total. The van der Waals surface area contributed by atoms with Crippen LogP contribution in [-0.2, 0) is 4.79 Å². The molecule has 0 saturated carbocycles. The molecule has 1 aliphatic rings. The monoisotopic (exact) mass is 417 g/mol. The first kappa shape index (κ1) is 20.3. The van der Waals surface area contributed by atoms with Crippen LogP contribution in [0.15, 0.2) is 72.8 Å². The van der Waals surface area contributed by atoms with Crippen molar-refractivity contribution >= 4 is 23.2 Å². The summed E-state index contributed by atoms with van der Waals surface area (Å²) in [6.45, 7) is 2.31. The smallest absolute Gasteiger partial charge is 0.262 e. The van der Waals surface area contributed by atoms with Gasteiger partial charge in [-0.2, -0.15) is 0 Å². The van der Waals surface area contributed by atoms with Gasteiger partial charge in [0.05, 0.1) is 12.2 Å². The Hall–Kier alpha value is -4.00. The summed E-state index contributed by atoms with van der Waals surface area (Å²) in [5.74, 6) is 0.633. The minimum absolute atomic E-state index is 0.0995. The van der Waals surface area contributed by atoms with Crippen molar-refractivity contribution in [3.63, 3.8) is 0 Å². The Labute approximate surface area is 180 Å². The number of para-hydroxylation sites is 1. The number of primary amides is 1. The lowest BCUT2D eigenvalue weighted by molar-refractivity contribution is -0.119. The average Bonchev–Trinajstić information content (AvgIpc) is 2.79. The average molecular weight is 417 g/mol. The van der Waals surface area contributed by atoms with E-state index in [1.807, 2.05) is 67.6 Å². The highest BCUT2D eigenvalue weighted by Crippen LogP contribution is 2.37. The maximum absolute atomic E-state index is 13.4. The van der Waals surface area contributed by atoms with Gasteiger partial charge in [0, 0.05) is 11.4 Å². The second kappa shape index (κ2) is 8.79. The van der Waals surface area contributed by atoms with Crippen molar-refractivity contribution in [2.75, 3.05) is 23.4 Å². The van der Waals surface area contributed by atoms with E-state index in [4.69, 9.17) is 15.2 Å². The molecule has 0 aliphatic carbocycles. The molecule has 1 heterocycles. The number of hydrogen-bond acceptors (Lipinski definition) is 5. The fourth-order valence-corrected chi connectivity index (χ4v) is 3.52. The summed E-state index contributed by atoms with van der Waals surface area (Å²) in [7, 11) is 0. The van der Waals surface area contributed by atoms with E-state index in [1.54, 1.807) is 17.0 Å². The van der Waals surface area contributed by atoms with E-state index >= 15 is 0 Å². The summed E-state index contributed by atoms with van der Waals surface area (Å²) in [5, 5.41) is 3.46. The summed E-state index contributed by atoms with van der Waals surface area (Å²) in [4.78, 5) is 26.1. The molecule has 3 aromatic carbocycles. The van der Waals surface area contributed by atoms with E-state index in [9.17, 15) is 9.59 Å². The van der Waals surface area contributed by atoms with E-state index in [0.29, 0.717) is 17.9 Å². The van der Waals surface area contributed by atoms with Gasteiger partial charge in [0.15, 0.2) is 6.61 Å². The molecule has 7 heteroatoms. The third kappa shape index (κ3) is 4.30. The second-order valence-electron chi connectivity index (χ2n) is 7.02. The van der Waals surface area contributed by atoms with Crippen LogP contribution in [0.3, 0.4) is 0 Å². The van der Waals surface area contributed by atoms with Crippen molar-refractivity contribution in [2.45, 2.75) is 13.1 Å². The zero-order chi connectivity index (χ0) is 21.8. The van der Waals surface area contributed by atoms with E-state index in [2.05, 4.69) is 5.32 Å². The molecule has 2 amide bonds. The first-order chi connectivity index (χ1) is 15.1. The molecule has 3 N–H and O–H groups in total. The van der Waals surface area contributed by atoms with E-state index in [1.165, 1.54) is 0 Å². The van der Waals surface area contributed by atoms with Gasteiger partial charge in [0.25, 0.3) is 11.8 Å². The number of nitrogens with one attached hydrogen (secondary N) is 1. The third-order valence-corrected chi connectivity index (χ3v) is 4.93. The van der Waals surface area contributed by atoms with Gasteiger partial charge < -0.3 is 20.5 Å². The molecular weight excluding hydrogens is 394 g/mol. The van der Waals surface area contributed by atoms with Gasteiger partial charge in [0.2, 0.25) is 0 Å². The predicted octanol–water partition coefficient (Wildman–Crippen LogP) is 3.72. The van der Waals surface area contributed by atoms with Crippen molar-refractivity contribution in [1.82, 2.24) is 0 Å². The van der Waals surface area contributed by atoms with E-state index in [-0.39, 0.29) is 12.5 Å². The number of hydrogen-bond donors (Lipinski definition) is 2. The number of carbonyl (C=O) groups excluding carboxylic acids is 2. The van der Waals surface area contributed by atoms with Gasteiger partial charge in [-0.25, -0.2) is 0 Å². The highest BCUT2D eigenvalue weighted by Gasteiger charge is 2.34. The Bertz CT molecular complexity index is 1080. The number of nitrogens with zero attached hydrogens (tertiary/aromatic N) is 1. The fourth-order valence-electron chi connectivity index (χ4n) is 3.52. The van der Waals surface area contributed by atoms with Crippen LogP contribution in [0.25, 0.3) is 0 Å². The van der Waals surface area contributed by atoms with Crippen LogP contribution < -0.4 is 25.4 Å². The number of carbonyl (C=O) groups is 2. The van der Waals surface area contributed by atoms with Crippen LogP contribution in [0.5, 0.6) is 11.5 Å². The molecule has 158 valence electrons. The third-order valence-electron chi connectivity index (χ3n) is 4.93. The molecule has 0 saturated heterocycles. The second-order valence-corrected chi connectivity index (χ2v) is 7.02. The molecule has 0 bridgehead atoms. The standard InChI is InChI=1S/C24H23N3O4/c1-2-30-18-13-9-17(10-14-18)27-23(26-21-6-4-3-5-20(21)24(27)29)16-7-11-19(12-8-16)31-15-22(25)28/h3-14,23,26H,2,15H2,1H3,(H2,25,28)/t23-/m0/s1. The first-order valence-electron chi connectivity index (χ1n) is 10.00. The molecule has 0 fully saturated rings. The minimum atomic E-state index is -0.540. The molecule has 3 aromatic rings. The summed E-state index contributed by atoms with van der Waals surface area (Å²) < 4.78 is 10.9. The molecule has 1 aliphatic heterocycles. The lowest BCUT2D eigenvalue weighted by atomic mass is 10.0. The van der Waals surface area contributed by atoms with Crippen LogP contribution in [0.2, 0.25) is 0 Å². The van der Waals surface area contributed by atoms with Gasteiger partial charge >= 0.3 is 0 Å². The Kier molecular flexibility index (Phi) is 5.75. The number of rotatable bonds is 7. The van der Waals surface area contributed by atoms with Gasteiger partial charge in [-0.1, -0.05) is 24.3 Å². The van der Waals surface area contributed by atoms with Crippen molar-refractivity contribution < 1.29 is 19.1 Å². The SMILES string of the molecule is CCOc1ccc(N2C(=O)c3ccccc3N[C@@H]2c2ccc(OCC(N)=O)cc2)cc1. The Morgan fingerprint density at radius 1 is 0.968 bits per heavy atom. The zero-order valence-corrected chi connectivity index (χ0v) is 17.1. The van der Waals surface area contributed by atoms with Gasteiger partial charge in [0.1, 0.15) is 17.7 Å². The van der Waals surface area contributed by atoms with Crippen LogP contribution in [-0.4, -0.2) is 25.0 Å². The topological polar surface area (TPSA) is 93.9 Å². The lowest BCUT2D eigenvalue weighted by Crippen LogP contribution is -2.43. The number of fused-ring (bicyclic) bond motifs is 1. The Morgan fingerprint density at radius 3 is 2.29 bits per heavy atom. The van der Waals surface area contributed by atoms with Crippen LogP contribution >= 0.6 is 0 Å². The summed E-state index contributed by atoms with van der Waals surface area (Å²) in [5.41, 5.74) is 8.12. The molecular formula is C24H23N3O4. The number of benzene rings is 3.